The highest BCUT2D eigenvalue weighted by Crippen LogP contribution is 2.47. The highest BCUT2D eigenvalue weighted by molar-refractivity contribution is 6.42. The van der Waals surface area contributed by atoms with Gasteiger partial charge in [-0.15, -0.1) is 12.4 Å². The summed E-state index contributed by atoms with van der Waals surface area (Å²) in [6.45, 7) is 0.192. The Kier molecular flexibility index (Phi) is 8.00. The summed E-state index contributed by atoms with van der Waals surface area (Å²) in [5.74, 6) is 1.68. The Morgan fingerprint density at radius 2 is 1.79 bits per heavy atom. The lowest BCUT2D eigenvalue weighted by molar-refractivity contribution is 0.251. The molecule has 1 aromatic carbocycles. The van der Waals surface area contributed by atoms with E-state index in [9.17, 15) is 4.79 Å². The summed E-state index contributed by atoms with van der Waals surface area (Å²) in [4.78, 5) is 25.3. The molecule has 2 amide bonds. The minimum Gasteiger partial charge on any atom is -0.495 e. The van der Waals surface area contributed by atoms with Gasteiger partial charge in [-0.1, -0.05) is 36.0 Å². The van der Waals surface area contributed by atoms with Crippen LogP contribution in [0.15, 0.2) is 12.3 Å². The summed E-state index contributed by atoms with van der Waals surface area (Å²) < 4.78 is 10.7. The third-order valence-corrected chi connectivity index (χ3v) is 6.69. The number of carbonyl (C=O) groups is 1. The van der Waals surface area contributed by atoms with Crippen molar-refractivity contribution in [2.75, 3.05) is 36.4 Å². The first-order valence-corrected chi connectivity index (χ1v) is 11.1. The summed E-state index contributed by atoms with van der Waals surface area (Å²) in [6.07, 6.45) is 5.90. The first-order chi connectivity index (χ1) is 15.3. The van der Waals surface area contributed by atoms with Gasteiger partial charge >= 0.3 is 6.03 Å². The van der Waals surface area contributed by atoms with E-state index in [2.05, 4.69) is 15.3 Å². The largest absolute Gasteiger partial charge is 0.495 e. The number of aromatic nitrogens is 2. The molecule has 0 radical (unpaired) electrons. The smallest absolute Gasteiger partial charge is 0.330 e. The van der Waals surface area contributed by atoms with Crippen molar-refractivity contribution in [1.82, 2.24) is 9.97 Å². The molecule has 2 aromatic rings. The molecular weight excluding hydrogens is 491 g/mol. The first-order valence-electron chi connectivity index (χ1n) is 10.4. The summed E-state index contributed by atoms with van der Waals surface area (Å²) in [6, 6.07) is 1.42. The molecule has 1 fully saturated rings. The van der Waals surface area contributed by atoms with Crippen molar-refractivity contribution in [1.29, 1.82) is 0 Å². The van der Waals surface area contributed by atoms with Crippen molar-refractivity contribution in [3.8, 4) is 11.5 Å². The van der Waals surface area contributed by atoms with E-state index in [0.29, 0.717) is 29.0 Å². The molecule has 0 bridgehead atoms. The van der Waals surface area contributed by atoms with Gasteiger partial charge in [0.1, 0.15) is 27.4 Å². The zero-order valence-electron chi connectivity index (χ0n) is 18.6. The SMILES string of the molecule is COc1cc(OC)c(Cl)c(N2Cc3cnc(N[C@@H]4CCCC[C@@H]4N)nc3N(C)C2=O)c1Cl.Cl. The van der Waals surface area contributed by atoms with E-state index in [0.717, 1.165) is 31.2 Å². The molecule has 1 aliphatic carbocycles. The fraction of sp³-hybridized carbons (Fsp3) is 0.476. The van der Waals surface area contributed by atoms with Crippen LogP contribution in [0.3, 0.4) is 0 Å². The van der Waals surface area contributed by atoms with E-state index in [4.69, 9.17) is 38.4 Å². The monoisotopic (exact) mass is 516 g/mol. The van der Waals surface area contributed by atoms with Crippen LogP contribution < -0.4 is 30.3 Å². The van der Waals surface area contributed by atoms with Crippen LogP contribution in [0.4, 0.5) is 22.2 Å². The van der Waals surface area contributed by atoms with Crippen molar-refractivity contribution in [2.24, 2.45) is 5.73 Å². The van der Waals surface area contributed by atoms with Crippen molar-refractivity contribution in [3.05, 3.63) is 27.9 Å². The molecule has 3 N–H and O–H groups in total. The van der Waals surface area contributed by atoms with Crippen molar-refractivity contribution in [3.63, 3.8) is 0 Å². The number of hydrogen-bond donors (Lipinski definition) is 2. The Morgan fingerprint density at radius 1 is 1.15 bits per heavy atom. The number of nitrogens with two attached hydrogens (primary N) is 1. The summed E-state index contributed by atoms with van der Waals surface area (Å²) in [5.41, 5.74) is 7.29. The zero-order chi connectivity index (χ0) is 23.0. The van der Waals surface area contributed by atoms with E-state index >= 15 is 0 Å². The predicted octanol–water partition coefficient (Wildman–Crippen LogP) is 4.48. The number of amides is 2. The van der Waals surface area contributed by atoms with Gasteiger partial charge in [0.15, 0.2) is 0 Å². The van der Waals surface area contributed by atoms with Gasteiger partial charge in [-0.25, -0.2) is 9.78 Å². The number of urea groups is 1. The Hall–Kier alpha value is -2.20. The maximum Gasteiger partial charge on any atom is 0.330 e. The van der Waals surface area contributed by atoms with Crippen LogP contribution in [-0.4, -0.2) is 49.4 Å². The van der Waals surface area contributed by atoms with Gasteiger partial charge in [0.05, 0.1) is 26.5 Å². The second-order valence-corrected chi connectivity index (χ2v) is 8.68. The highest BCUT2D eigenvalue weighted by atomic mass is 35.5. The quantitative estimate of drug-likeness (QED) is 0.602. The first kappa shape index (κ1) is 25.4. The van der Waals surface area contributed by atoms with Gasteiger partial charge in [0.2, 0.25) is 5.95 Å². The molecule has 1 saturated carbocycles. The number of rotatable bonds is 5. The molecule has 180 valence electrons. The van der Waals surface area contributed by atoms with Crippen LogP contribution in [-0.2, 0) is 6.54 Å². The van der Waals surface area contributed by atoms with Gasteiger partial charge < -0.3 is 20.5 Å². The second kappa shape index (κ2) is 10.4. The number of nitrogens with zero attached hydrogens (tertiary/aromatic N) is 4. The van der Waals surface area contributed by atoms with Crippen LogP contribution in [0.25, 0.3) is 0 Å². The molecule has 0 unspecified atom stereocenters. The van der Waals surface area contributed by atoms with Crippen LogP contribution in [0.5, 0.6) is 11.5 Å². The number of benzene rings is 1. The minimum absolute atomic E-state index is 0. The average molecular weight is 518 g/mol. The molecule has 12 heteroatoms. The Labute approximate surface area is 208 Å². The Balaban J connectivity index is 0.00000306. The standard InChI is InChI=1S/C21H26Cl2N6O3.ClH/c1-28-19-11(9-25-20(27-19)26-13-7-5-4-6-12(13)24)10-29(21(28)30)18-16(22)14(31-2)8-15(32-3)17(18)23;/h8-9,12-13H,4-7,10,24H2,1-3H3,(H,25,26,27);1H/t12-,13+;/m0./s1. The average Bonchev–Trinajstić information content (AvgIpc) is 2.79. The van der Waals surface area contributed by atoms with Crippen molar-refractivity contribution in [2.45, 2.75) is 44.3 Å². The summed E-state index contributed by atoms with van der Waals surface area (Å²) in [5, 5.41) is 3.77. The third kappa shape index (κ3) is 4.73. The maximum absolute atomic E-state index is 13.3. The molecule has 4 rings (SSSR count). The fourth-order valence-corrected chi connectivity index (χ4v) is 4.87. The summed E-state index contributed by atoms with van der Waals surface area (Å²) >= 11 is 13.1. The number of fused-ring (bicyclic) bond motifs is 1. The van der Waals surface area contributed by atoms with E-state index in [1.165, 1.54) is 24.0 Å². The molecule has 2 heterocycles. The maximum atomic E-state index is 13.3. The Bertz CT molecular complexity index is 1010. The van der Waals surface area contributed by atoms with Crippen LogP contribution in [0.2, 0.25) is 10.0 Å². The zero-order valence-corrected chi connectivity index (χ0v) is 20.9. The van der Waals surface area contributed by atoms with Gasteiger partial charge in [-0.05, 0) is 12.8 Å². The van der Waals surface area contributed by atoms with Crippen LogP contribution >= 0.6 is 35.6 Å². The number of nitrogens with one attached hydrogen (secondary N) is 1. The lowest BCUT2D eigenvalue weighted by Gasteiger charge is -2.35. The number of hydrogen-bond acceptors (Lipinski definition) is 7. The molecule has 0 saturated heterocycles. The molecule has 33 heavy (non-hydrogen) atoms. The summed E-state index contributed by atoms with van der Waals surface area (Å²) in [7, 11) is 4.62. The highest BCUT2D eigenvalue weighted by Gasteiger charge is 2.35. The van der Waals surface area contributed by atoms with Gasteiger partial charge in [0.25, 0.3) is 0 Å². The van der Waals surface area contributed by atoms with E-state index < -0.39 is 0 Å². The third-order valence-electron chi connectivity index (χ3n) is 5.96. The predicted molar refractivity (Wildman–Crippen MR) is 133 cm³/mol. The van der Waals surface area contributed by atoms with Crippen LogP contribution in [0.1, 0.15) is 31.2 Å². The lowest BCUT2D eigenvalue weighted by Crippen LogP contribution is -2.46. The van der Waals surface area contributed by atoms with Gasteiger partial charge in [0, 0.05) is 37.0 Å². The normalized spacial score (nSPS) is 20.1. The molecule has 0 spiro atoms. The van der Waals surface area contributed by atoms with Crippen molar-refractivity contribution >= 4 is 59.1 Å². The molecule has 2 aliphatic rings. The lowest BCUT2D eigenvalue weighted by atomic mass is 9.91. The minimum atomic E-state index is -0.337. The topological polar surface area (TPSA) is 106 Å². The van der Waals surface area contributed by atoms with E-state index in [1.807, 2.05) is 0 Å². The van der Waals surface area contributed by atoms with E-state index in [-0.39, 0.29) is 47.1 Å². The number of methoxy groups -OCH3 is 2. The van der Waals surface area contributed by atoms with E-state index in [1.54, 1.807) is 19.3 Å². The van der Waals surface area contributed by atoms with Gasteiger partial charge in [-0.3, -0.25) is 9.80 Å². The fourth-order valence-electron chi connectivity index (χ4n) is 4.17. The second-order valence-electron chi connectivity index (χ2n) is 7.93. The van der Waals surface area contributed by atoms with Crippen LogP contribution in [0, 0.1) is 0 Å². The molecule has 1 aromatic heterocycles. The van der Waals surface area contributed by atoms with Crippen molar-refractivity contribution < 1.29 is 14.3 Å². The Morgan fingerprint density at radius 3 is 2.39 bits per heavy atom. The molecule has 2 atom stereocenters. The number of anilines is 3. The number of halogens is 3. The number of ether oxygens (including phenoxy) is 2. The molecular formula is C21H27Cl3N6O3. The molecule has 1 aliphatic heterocycles. The molecule has 9 nitrogen and oxygen atoms in total. The van der Waals surface area contributed by atoms with Gasteiger partial charge in [-0.2, -0.15) is 4.98 Å². The number of carbonyl (C=O) groups excluding carboxylic acids is 1.